The lowest BCUT2D eigenvalue weighted by Gasteiger charge is -2.28. The fraction of sp³-hybridized carbons (Fsp3) is 0.562. The molecule has 2 amide bonds. The third-order valence-electron chi connectivity index (χ3n) is 8.03. The molecule has 2 aromatic rings. The quantitative estimate of drug-likeness (QED) is 0.227. The van der Waals surface area contributed by atoms with Crippen LogP contribution in [0.15, 0.2) is 53.4 Å². The van der Waals surface area contributed by atoms with E-state index in [1.807, 2.05) is 29.2 Å². The van der Waals surface area contributed by atoms with Crippen molar-refractivity contribution in [1.82, 2.24) is 10.2 Å². The van der Waals surface area contributed by atoms with E-state index in [2.05, 4.69) is 12.2 Å². The van der Waals surface area contributed by atoms with Crippen LogP contribution in [0, 0.1) is 5.41 Å². The standard InChI is InChI=1S/C32H46N2O6S/c1-5-20-32(22-23-34(30(32)35)24-25-16-18-26(19-17-25)41(4,37)38)21-12-8-7-9-14-28(33-31(36)40-6-2)27-13-10-11-15-29(27)39-3/h10-11,13,15-19,28H,5-9,12,14,20-24H2,1-4H3,(H,33,36). The summed E-state index contributed by atoms with van der Waals surface area (Å²) in [6, 6.07) is 14.4. The van der Waals surface area contributed by atoms with Crippen molar-refractivity contribution >= 4 is 21.8 Å². The van der Waals surface area contributed by atoms with Gasteiger partial charge in [-0.1, -0.05) is 69.4 Å². The molecular weight excluding hydrogens is 540 g/mol. The van der Waals surface area contributed by atoms with Crippen molar-refractivity contribution in [1.29, 1.82) is 0 Å². The number of hydrogen-bond donors (Lipinski definition) is 1. The molecule has 1 fully saturated rings. The smallest absolute Gasteiger partial charge is 0.407 e. The van der Waals surface area contributed by atoms with E-state index in [-0.39, 0.29) is 17.4 Å². The number of rotatable bonds is 16. The zero-order valence-electron chi connectivity index (χ0n) is 25.0. The number of hydrogen-bond acceptors (Lipinski definition) is 6. The van der Waals surface area contributed by atoms with Crippen molar-refractivity contribution in [2.24, 2.45) is 5.41 Å². The van der Waals surface area contributed by atoms with Gasteiger partial charge in [0, 0.05) is 24.9 Å². The molecule has 226 valence electrons. The molecule has 1 N–H and O–H groups in total. The number of methoxy groups -OCH3 is 1. The Morgan fingerprint density at radius 3 is 2.39 bits per heavy atom. The van der Waals surface area contributed by atoms with E-state index in [9.17, 15) is 18.0 Å². The van der Waals surface area contributed by atoms with Crippen molar-refractivity contribution in [2.75, 3.05) is 26.5 Å². The van der Waals surface area contributed by atoms with Gasteiger partial charge >= 0.3 is 6.09 Å². The van der Waals surface area contributed by atoms with Gasteiger partial charge in [0.15, 0.2) is 9.84 Å². The second-order valence-electron chi connectivity index (χ2n) is 11.0. The normalized spacial score (nSPS) is 17.9. The van der Waals surface area contributed by atoms with E-state index in [1.54, 1.807) is 38.3 Å². The number of carbonyl (C=O) groups is 2. The molecular formula is C32H46N2O6S. The van der Waals surface area contributed by atoms with Crippen LogP contribution in [0.2, 0.25) is 0 Å². The van der Waals surface area contributed by atoms with Crippen LogP contribution in [-0.4, -0.2) is 51.8 Å². The zero-order valence-corrected chi connectivity index (χ0v) is 25.8. The van der Waals surface area contributed by atoms with Gasteiger partial charge in [0.2, 0.25) is 5.91 Å². The molecule has 9 heteroatoms. The molecule has 2 unspecified atom stereocenters. The summed E-state index contributed by atoms with van der Waals surface area (Å²) in [5.41, 5.74) is 1.57. The molecule has 0 radical (unpaired) electrons. The minimum atomic E-state index is -3.24. The zero-order chi connectivity index (χ0) is 29.9. The Labute approximate surface area is 245 Å². The lowest BCUT2D eigenvalue weighted by molar-refractivity contribution is -0.137. The third-order valence-corrected chi connectivity index (χ3v) is 9.16. The van der Waals surface area contributed by atoms with E-state index in [0.29, 0.717) is 18.0 Å². The van der Waals surface area contributed by atoms with Crippen LogP contribution in [0.3, 0.4) is 0 Å². The molecule has 3 rings (SSSR count). The van der Waals surface area contributed by atoms with Gasteiger partial charge in [0.25, 0.3) is 0 Å². The molecule has 1 heterocycles. The van der Waals surface area contributed by atoms with Gasteiger partial charge in [0.05, 0.1) is 30.1 Å². The van der Waals surface area contributed by atoms with Gasteiger partial charge in [-0.25, -0.2) is 13.2 Å². The Balaban J connectivity index is 1.52. The maximum Gasteiger partial charge on any atom is 0.407 e. The first-order valence-electron chi connectivity index (χ1n) is 14.8. The van der Waals surface area contributed by atoms with Crippen LogP contribution in [0.1, 0.15) is 88.8 Å². The van der Waals surface area contributed by atoms with Crippen molar-refractivity contribution in [3.8, 4) is 5.75 Å². The second kappa shape index (κ2) is 15.2. The summed E-state index contributed by atoms with van der Waals surface area (Å²) in [7, 11) is -1.61. The number of likely N-dealkylation sites (tertiary alicyclic amines) is 1. The number of alkyl carbamates (subject to hydrolysis) is 1. The maximum atomic E-state index is 13.6. The number of para-hydroxylation sites is 1. The van der Waals surface area contributed by atoms with Crippen LogP contribution in [-0.2, 0) is 25.9 Å². The fourth-order valence-corrected chi connectivity index (χ4v) is 6.54. The number of amides is 2. The summed E-state index contributed by atoms with van der Waals surface area (Å²) in [4.78, 5) is 28.0. The summed E-state index contributed by atoms with van der Waals surface area (Å²) in [5.74, 6) is 0.966. The highest BCUT2D eigenvalue weighted by Gasteiger charge is 2.45. The van der Waals surface area contributed by atoms with Crippen molar-refractivity contribution in [2.45, 2.75) is 89.1 Å². The SMILES string of the molecule is CCCC1(CCCCCCC(NC(=O)OCC)c2ccccc2OC)CCN(Cc2ccc(S(C)(=O)=O)cc2)C1=O. The highest BCUT2D eigenvalue weighted by molar-refractivity contribution is 7.90. The van der Waals surface area contributed by atoms with Gasteiger partial charge < -0.3 is 19.7 Å². The predicted octanol–water partition coefficient (Wildman–Crippen LogP) is 6.45. The number of nitrogens with zero attached hydrogens (tertiary/aromatic N) is 1. The van der Waals surface area contributed by atoms with Gasteiger partial charge in [0.1, 0.15) is 5.75 Å². The van der Waals surface area contributed by atoms with Gasteiger partial charge in [-0.15, -0.1) is 0 Å². The minimum absolute atomic E-state index is 0.201. The molecule has 0 saturated carbocycles. The highest BCUT2D eigenvalue weighted by atomic mass is 32.2. The minimum Gasteiger partial charge on any atom is -0.496 e. The number of sulfone groups is 1. The molecule has 1 aliphatic heterocycles. The number of unbranched alkanes of at least 4 members (excludes halogenated alkanes) is 3. The topological polar surface area (TPSA) is 102 Å². The Hall–Kier alpha value is -3.07. The van der Waals surface area contributed by atoms with Crippen molar-refractivity contribution in [3.05, 3.63) is 59.7 Å². The van der Waals surface area contributed by atoms with Crippen molar-refractivity contribution in [3.63, 3.8) is 0 Å². The first-order valence-corrected chi connectivity index (χ1v) is 16.7. The van der Waals surface area contributed by atoms with E-state index < -0.39 is 15.9 Å². The van der Waals surface area contributed by atoms with Gasteiger partial charge in [-0.05, 0) is 56.4 Å². The van der Waals surface area contributed by atoms with Crippen LogP contribution in [0.4, 0.5) is 4.79 Å². The Kier molecular flexibility index (Phi) is 12.1. The summed E-state index contributed by atoms with van der Waals surface area (Å²) in [6.45, 7) is 5.47. The molecule has 1 saturated heterocycles. The first-order chi connectivity index (χ1) is 19.6. The van der Waals surface area contributed by atoms with Crippen LogP contribution in [0.5, 0.6) is 5.75 Å². The lowest BCUT2D eigenvalue weighted by atomic mass is 9.77. The number of carbonyl (C=O) groups excluding carboxylic acids is 2. The van der Waals surface area contributed by atoms with E-state index in [1.165, 1.54) is 6.26 Å². The molecule has 0 bridgehead atoms. The molecule has 2 atom stereocenters. The van der Waals surface area contributed by atoms with Crippen LogP contribution < -0.4 is 10.1 Å². The number of ether oxygens (including phenoxy) is 2. The molecule has 0 aliphatic carbocycles. The Morgan fingerprint density at radius 1 is 1.02 bits per heavy atom. The molecule has 0 spiro atoms. The molecule has 41 heavy (non-hydrogen) atoms. The maximum absolute atomic E-state index is 13.6. The second-order valence-corrected chi connectivity index (χ2v) is 13.1. The van der Waals surface area contributed by atoms with Crippen LogP contribution in [0.25, 0.3) is 0 Å². The largest absolute Gasteiger partial charge is 0.496 e. The monoisotopic (exact) mass is 586 g/mol. The van der Waals surface area contributed by atoms with E-state index >= 15 is 0 Å². The van der Waals surface area contributed by atoms with E-state index in [0.717, 1.165) is 81.2 Å². The summed E-state index contributed by atoms with van der Waals surface area (Å²) >= 11 is 0. The lowest BCUT2D eigenvalue weighted by Crippen LogP contribution is -2.34. The number of nitrogens with one attached hydrogen (secondary N) is 1. The molecule has 0 aromatic heterocycles. The molecule has 2 aromatic carbocycles. The number of benzene rings is 2. The average Bonchev–Trinajstić information content (AvgIpc) is 3.24. The summed E-state index contributed by atoms with van der Waals surface area (Å²) < 4.78 is 34.2. The average molecular weight is 587 g/mol. The van der Waals surface area contributed by atoms with Crippen LogP contribution >= 0.6 is 0 Å². The Bertz CT molecular complexity index is 1250. The third kappa shape index (κ3) is 8.96. The van der Waals surface area contributed by atoms with Gasteiger partial charge in [-0.3, -0.25) is 4.79 Å². The summed E-state index contributed by atoms with van der Waals surface area (Å²) in [5, 5.41) is 2.99. The highest BCUT2D eigenvalue weighted by Crippen LogP contribution is 2.42. The fourth-order valence-electron chi connectivity index (χ4n) is 5.91. The first kappa shape index (κ1) is 32.4. The van der Waals surface area contributed by atoms with Crippen molar-refractivity contribution < 1.29 is 27.5 Å². The predicted molar refractivity (Wildman–Crippen MR) is 161 cm³/mol. The molecule has 1 aliphatic rings. The van der Waals surface area contributed by atoms with Gasteiger partial charge in [-0.2, -0.15) is 0 Å². The molecule has 8 nitrogen and oxygen atoms in total. The Morgan fingerprint density at radius 2 is 1.73 bits per heavy atom. The van der Waals surface area contributed by atoms with E-state index in [4.69, 9.17) is 9.47 Å². The summed E-state index contributed by atoms with van der Waals surface area (Å²) in [6.07, 6.45) is 9.05.